The van der Waals surface area contributed by atoms with Gasteiger partial charge in [0.2, 0.25) is 5.91 Å². The van der Waals surface area contributed by atoms with Gasteiger partial charge in [-0.1, -0.05) is 38.1 Å². The minimum Gasteiger partial charge on any atom is -0.481 e. The maximum absolute atomic E-state index is 12.4. The first-order valence-electron chi connectivity index (χ1n) is 8.04. The van der Waals surface area contributed by atoms with Crippen molar-refractivity contribution in [2.24, 2.45) is 5.92 Å². The molecule has 1 aromatic rings. The molecule has 1 atom stereocenters. The molecule has 1 fully saturated rings. The summed E-state index contributed by atoms with van der Waals surface area (Å²) in [6.07, 6.45) is 3.15. The van der Waals surface area contributed by atoms with Crippen LogP contribution in [0.3, 0.4) is 0 Å². The van der Waals surface area contributed by atoms with Crippen molar-refractivity contribution in [2.75, 3.05) is 6.54 Å². The Balaban J connectivity index is 1.94. The second kappa shape index (κ2) is 7.43. The zero-order chi connectivity index (χ0) is 16.1. The van der Waals surface area contributed by atoms with Gasteiger partial charge in [0.05, 0.1) is 12.8 Å². The highest BCUT2D eigenvalue weighted by atomic mass is 16.4. The van der Waals surface area contributed by atoms with E-state index in [9.17, 15) is 9.59 Å². The molecule has 1 unspecified atom stereocenters. The van der Waals surface area contributed by atoms with Gasteiger partial charge in [-0.2, -0.15) is 0 Å². The van der Waals surface area contributed by atoms with Crippen LogP contribution in [0.15, 0.2) is 24.3 Å². The van der Waals surface area contributed by atoms with Gasteiger partial charge in [-0.15, -0.1) is 0 Å². The summed E-state index contributed by atoms with van der Waals surface area (Å²) in [5.41, 5.74) is 2.29. The van der Waals surface area contributed by atoms with E-state index >= 15 is 0 Å². The molecule has 1 aliphatic heterocycles. The fourth-order valence-electron chi connectivity index (χ4n) is 3.12. The summed E-state index contributed by atoms with van der Waals surface area (Å²) in [6.45, 7) is 5.06. The lowest BCUT2D eigenvalue weighted by Crippen LogP contribution is -2.37. The molecule has 1 N–H and O–H groups in total. The molecule has 1 amide bonds. The molecule has 0 saturated carbocycles. The topological polar surface area (TPSA) is 57.6 Å². The summed E-state index contributed by atoms with van der Waals surface area (Å²) < 4.78 is 0. The Morgan fingerprint density at radius 2 is 1.86 bits per heavy atom. The average Bonchev–Trinajstić information content (AvgIpc) is 2.87. The van der Waals surface area contributed by atoms with Crippen LogP contribution >= 0.6 is 0 Å². The fraction of sp³-hybridized carbons (Fsp3) is 0.556. The number of carboxylic acids is 1. The maximum atomic E-state index is 12.4. The van der Waals surface area contributed by atoms with Gasteiger partial charge in [0.25, 0.3) is 0 Å². The summed E-state index contributed by atoms with van der Waals surface area (Å²) in [7, 11) is 0. The summed E-state index contributed by atoms with van der Waals surface area (Å²) >= 11 is 0. The standard InChI is InChI=1S/C18H25NO3/c1-13(2)10-14-5-7-15(8-6-14)11-17(20)19-9-3-4-16(19)12-18(21)22/h5-8,13,16H,3-4,9-12H2,1-2H3,(H,21,22). The van der Waals surface area contributed by atoms with E-state index < -0.39 is 5.97 Å². The van der Waals surface area contributed by atoms with E-state index in [2.05, 4.69) is 26.0 Å². The van der Waals surface area contributed by atoms with E-state index in [1.54, 1.807) is 4.90 Å². The van der Waals surface area contributed by atoms with Crippen molar-refractivity contribution in [1.82, 2.24) is 4.90 Å². The molecule has 0 radical (unpaired) electrons. The maximum Gasteiger partial charge on any atom is 0.305 e. The number of aliphatic carboxylic acids is 1. The van der Waals surface area contributed by atoms with Crippen molar-refractivity contribution in [3.63, 3.8) is 0 Å². The highest BCUT2D eigenvalue weighted by Crippen LogP contribution is 2.21. The molecule has 0 aliphatic carbocycles. The van der Waals surface area contributed by atoms with Gasteiger partial charge < -0.3 is 10.0 Å². The van der Waals surface area contributed by atoms with Crippen molar-refractivity contribution < 1.29 is 14.7 Å². The van der Waals surface area contributed by atoms with Gasteiger partial charge in [0.1, 0.15) is 0 Å². The Hall–Kier alpha value is -1.84. The molecule has 22 heavy (non-hydrogen) atoms. The number of hydrogen-bond acceptors (Lipinski definition) is 2. The van der Waals surface area contributed by atoms with E-state index in [4.69, 9.17) is 5.11 Å². The second-order valence-corrected chi connectivity index (χ2v) is 6.57. The molecule has 120 valence electrons. The van der Waals surface area contributed by atoms with Gasteiger partial charge in [-0.25, -0.2) is 0 Å². The summed E-state index contributed by atoms with van der Waals surface area (Å²) in [5, 5.41) is 8.93. The number of benzene rings is 1. The zero-order valence-electron chi connectivity index (χ0n) is 13.4. The van der Waals surface area contributed by atoms with Crippen LogP contribution in [-0.2, 0) is 22.4 Å². The predicted octanol–water partition coefficient (Wildman–Crippen LogP) is 2.89. The number of carbonyl (C=O) groups excluding carboxylic acids is 1. The van der Waals surface area contributed by atoms with Gasteiger partial charge in [-0.3, -0.25) is 9.59 Å². The van der Waals surface area contributed by atoms with Crippen molar-refractivity contribution >= 4 is 11.9 Å². The van der Waals surface area contributed by atoms with E-state index in [1.807, 2.05) is 12.1 Å². The Morgan fingerprint density at radius 1 is 1.23 bits per heavy atom. The van der Waals surface area contributed by atoms with Gasteiger partial charge in [0, 0.05) is 12.6 Å². The van der Waals surface area contributed by atoms with Crippen LogP contribution in [0.4, 0.5) is 0 Å². The minimum atomic E-state index is -0.831. The molecule has 2 rings (SSSR count). The van der Waals surface area contributed by atoms with Crippen molar-refractivity contribution in [2.45, 2.75) is 52.0 Å². The zero-order valence-corrected chi connectivity index (χ0v) is 13.4. The van der Waals surface area contributed by atoms with Crippen molar-refractivity contribution in [3.05, 3.63) is 35.4 Å². The number of nitrogens with zero attached hydrogens (tertiary/aromatic N) is 1. The number of carboxylic acid groups (broad SMARTS) is 1. The van der Waals surface area contributed by atoms with Gasteiger partial charge in [0.15, 0.2) is 0 Å². The Bertz CT molecular complexity index is 522. The third-order valence-electron chi connectivity index (χ3n) is 4.13. The highest BCUT2D eigenvalue weighted by molar-refractivity contribution is 5.80. The van der Waals surface area contributed by atoms with Crippen molar-refractivity contribution in [1.29, 1.82) is 0 Å². The van der Waals surface area contributed by atoms with Crippen LogP contribution in [0.5, 0.6) is 0 Å². The minimum absolute atomic E-state index is 0.0420. The molecule has 1 heterocycles. The molecule has 0 spiro atoms. The number of rotatable bonds is 6. The van der Waals surface area contributed by atoms with Crippen LogP contribution in [-0.4, -0.2) is 34.5 Å². The normalized spacial score (nSPS) is 18.0. The quantitative estimate of drug-likeness (QED) is 0.879. The van der Waals surface area contributed by atoms with Crippen LogP contribution in [0, 0.1) is 5.92 Å². The van der Waals surface area contributed by atoms with E-state index in [-0.39, 0.29) is 18.4 Å². The third kappa shape index (κ3) is 4.58. The summed E-state index contributed by atoms with van der Waals surface area (Å²) in [6, 6.07) is 8.06. The number of likely N-dealkylation sites (tertiary alicyclic amines) is 1. The van der Waals surface area contributed by atoms with Crippen LogP contribution in [0.25, 0.3) is 0 Å². The molecule has 1 saturated heterocycles. The summed E-state index contributed by atoms with van der Waals surface area (Å²) in [5.74, 6) is -0.169. The molecular formula is C18H25NO3. The van der Waals surface area contributed by atoms with Crippen molar-refractivity contribution in [3.8, 4) is 0 Å². The fourth-order valence-corrected chi connectivity index (χ4v) is 3.12. The summed E-state index contributed by atoms with van der Waals surface area (Å²) in [4.78, 5) is 25.0. The molecule has 4 heteroatoms. The smallest absolute Gasteiger partial charge is 0.305 e. The molecule has 1 aliphatic rings. The predicted molar refractivity (Wildman–Crippen MR) is 85.7 cm³/mol. The van der Waals surface area contributed by atoms with Gasteiger partial charge in [-0.05, 0) is 36.3 Å². The van der Waals surface area contributed by atoms with Crippen LogP contribution in [0.2, 0.25) is 0 Å². The van der Waals surface area contributed by atoms with E-state index in [0.717, 1.165) is 24.8 Å². The number of hydrogen-bond donors (Lipinski definition) is 1. The number of carbonyl (C=O) groups is 2. The molecule has 4 nitrogen and oxygen atoms in total. The molecular weight excluding hydrogens is 278 g/mol. The second-order valence-electron chi connectivity index (χ2n) is 6.57. The first-order valence-corrected chi connectivity index (χ1v) is 8.04. The Labute approximate surface area is 132 Å². The first kappa shape index (κ1) is 16.5. The lowest BCUT2D eigenvalue weighted by atomic mass is 10.0. The van der Waals surface area contributed by atoms with E-state index in [1.165, 1.54) is 5.56 Å². The lowest BCUT2D eigenvalue weighted by molar-refractivity contribution is -0.139. The third-order valence-corrected chi connectivity index (χ3v) is 4.13. The number of amides is 1. The Kier molecular flexibility index (Phi) is 5.58. The monoisotopic (exact) mass is 303 g/mol. The van der Waals surface area contributed by atoms with Gasteiger partial charge >= 0.3 is 5.97 Å². The first-order chi connectivity index (χ1) is 10.5. The highest BCUT2D eigenvalue weighted by Gasteiger charge is 2.30. The largest absolute Gasteiger partial charge is 0.481 e. The SMILES string of the molecule is CC(C)Cc1ccc(CC(=O)N2CCCC2CC(=O)O)cc1. The molecule has 0 aromatic heterocycles. The molecule has 0 bridgehead atoms. The molecule has 1 aromatic carbocycles. The average molecular weight is 303 g/mol. The van der Waals surface area contributed by atoms with E-state index in [0.29, 0.717) is 18.9 Å². The van der Waals surface area contributed by atoms with Crippen LogP contribution in [0.1, 0.15) is 44.2 Å². The van der Waals surface area contributed by atoms with Crippen LogP contribution < -0.4 is 0 Å². The lowest BCUT2D eigenvalue weighted by Gasteiger charge is -2.23. The Morgan fingerprint density at radius 3 is 2.45 bits per heavy atom.